The number of para-hydroxylation sites is 1. The number of halogens is 2. The molecule has 3 aromatic rings. The lowest BCUT2D eigenvalue weighted by Gasteiger charge is -2.30. The molecule has 1 heterocycles. The molecule has 2 aromatic carbocycles. The van der Waals surface area contributed by atoms with E-state index in [1.54, 1.807) is 53.7 Å². The van der Waals surface area contributed by atoms with E-state index in [-0.39, 0.29) is 11.7 Å². The molecule has 6 heteroatoms. The minimum atomic E-state index is -0.427. The number of hydrogen-bond donors (Lipinski definition) is 1. The van der Waals surface area contributed by atoms with Gasteiger partial charge in [-0.2, -0.15) is 0 Å². The Balaban J connectivity index is 2.04. The fourth-order valence-corrected chi connectivity index (χ4v) is 3.21. The van der Waals surface area contributed by atoms with Gasteiger partial charge < -0.3 is 10.2 Å². The highest BCUT2D eigenvalue weighted by Crippen LogP contribution is 2.31. The highest BCUT2D eigenvalue weighted by molar-refractivity contribution is 6.31. The Labute approximate surface area is 162 Å². The van der Waals surface area contributed by atoms with Gasteiger partial charge in [-0.05, 0) is 35.9 Å². The molecule has 0 aliphatic rings. The molecule has 27 heavy (non-hydrogen) atoms. The lowest BCUT2D eigenvalue weighted by atomic mass is 10.0. The molecule has 1 N–H and O–H groups in total. The molecule has 3 rings (SSSR count). The van der Waals surface area contributed by atoms with Crippen molar-refractivity contribution in [1.82, 2.24) is 10.3 Å². The van der Waals surface area contributed by atoms with E-state index in [9.17, 15) is 9.18 Å². The first-order valence-corrected chi connectivity index (χ1v) is 8.87. The van der Waals surface area contributed by atoms with Gasteiger partial charge in [0.05, 0.1) is 11.7 Å². The second-order valence-electron chi connectivity index (χ2n) is 6.04. The van der Waals surface area contributed by atoms with Crippen LogP contribution in [0, 0.1) is 5.82 Å². The lowest BCUT2D eigenvalue weighted by Crippen LogP contribution is -2.35. The third-order valence-corrected chi connectivity index (χ3v) is 4.49. The second kappa shape index (κ2) is 8.64. The van der Waals surface area contributed by atoms with E-state index < -0.39 is 6.04 Å². The van der Waals surface area contributed by atoms with Crippen LogP contribution in [0.25, 0.3) is 0 Å². The monoisotopic (exact) mass is 383 g/mol. The van der Waals surface area contributed by atoms with Crippen molar-refractivity contribution < 1.29 is 9.18 Å². The number of nitrogens with one attached hydrogen (secondary N) is 1. The van der Waals surface area contributed by atoms with Crippen LogP contribution in [0.3, 0.4) is 0 Å². The van der Waals surface area contributed by atoms with E-state index >= 15 is 0 Å². The van der Waals surface area contributed by atoms with Crippen LogP contribution >= 0.6 is 11.6 Å². The summed E-state index contributed by atoms with van der Waals surface area (Å²) in [6, 6.07) is 17.0. The van der Waals surface area contributed by atoms with Crippen LogP contribution in [-0.4, -0.2) is 17.4 Å². The molecule has 1 aromatic heterocycles. The molecule has 0 radical (unpaired) electrons. The number of hydrogen-bond acceptors (Lipinski definition) is 3. The number of pyridine rings is 1. The highest BCUT2D eigenvalue weighted by atomic mass is 35.5. The molecule has 0 fully saturated rings. The Kier molecular flexibility index (Phi) is 6.04. The van der Waals surface area contributed by atoms with Crippen LogP contribution in [0.2, 0.25) is 5.02 Å². The van der Waals surface area contributed by atoms with Gasteiger partial charge in [0.2, 0.25) is 5.91 Å². The van der Waals surface area contributed by atoms with Crippen molar-refractivity contribution in [3.63, 3.8) is 0 Å². The van der Waals surface area contributed by atoms with E-state index in [0.29, 0.717) is 17.3 Å². The molecule has 0 aliphatic carbocycles. The van der Waals surface area contributed by atoms with Gasteiger partial charge >= 0.3 is 0 Å². The summed E-state index contributed by atoms with van der Waals surface area (Å²) in [5.74, 6) is -0.543. The van der Waals surface area contributed by atoms with Gasteiger partial charge in [0, 0.05) is 36.6 Å². The van der Waals surface area contributed by atoms with Gasteiger partial charge in [-0.15, -0.1) is 0 Å². The first-order chi connectivity index (χ1) is 13.1. The molecule has 1 amide bonds. The van der Waals surface area contributed by atoms with Crippen molar-refractivity contribution in [2.45, 2.75) is 13.0 Å². The molecular weight excluding hydrogens is 365 g/mol. The maximum absolute atomic E-state index is 14.5. The topological polar surface area (TPSA) is 45.2 Å². The number of carbonyl (C=O) groups excluding carboxylic acids is 1. The van der Waals surface area contributed by atoms with E-state index in [1.165, 1.54) is 13.0 Å². The molecular formula is C21H19ClFN3O. The van der Waals surface area contributed by atoms with Crippen LogP contribution < -0.4 is 10.2 Å². The molecule has 0 bridgehead atoms. The number of anilines is 2. The standard InChI is InChI=1S/C21H19ClFN3O/c1-15(27)25-20(17-6-2-3-7-18(17)22)14-26(16-10-12-24-13-11-16)21-9-5-4-8-19(21)23/h2-13,20H,14H2,1H3,(H,25,27). The second-order valence-corrected chi connectivity index (χ2v) is 6.45. The van der Waals surface area contributed by atoms with Crippen molar-refractivity contribution in [3.05, 3.63) is 89.5 Å². The summed E-state index contributed by atoms with van der Waals surface area (Å²) in [4.78, 5) is 17.6. The predicted octanol–water partition coefficient (Wildman–Crippen LogP) is 4.89. The van der Waals surface area contributed by atoms with Crippen LogP contribution in [0.4, 0.5) is 15.8 Å². The average Bonchev–Trinajstić information content (AvgIpc) is 2.67. The minimum absolute atomic E-state index is 0.192. The predicted molar refractivity (Wildman–Crippen MR) is 106 cm³/mol. The first kappa shape index (κ1) is 18.9. The van der Waals surface area contributed by atoms with Crippen LogP contribution in [-0.2, 0) is 4.79 Å². The fraction of sp³-hybridized carbons (Fsp3) is 0.143. The molecule has 0 aliphatic heterocycles. The maximum atomic E-state index is 14.5. The Bertz CT molecular complexity index is 920. The van der Waals surface area contributed by atoms with Gasteiger partial charge in [0.1, 0.15) is 5.82 Å². The molecule has 4 nitrogen and oxygen atoms in total. The van der Waals surface area contributed by atoms with Gasteiger partial charge in [0.25, 0.3) is 0 Å². The normalized spacial score (nSPS) is 11.7. The summed E-state index contributed by atoms with van der Waals surface area (Å²) in [5.41, 5.74) is 1.94. The van der Waals surface area contributed by atoms with Crippen LogP contribution in [0.5, 0.6) is 0 Å². The minimum Gasteiger partial charge on any atom is -0.348 e. The van der Waals surface area contributed by atoms with Crippen molar-refractivity contribution >= 4 is 28.9 Å². The summed E-state index contributed by atoms with van der Waals surface area (Å²) in [6.45, 7) is 1.75. The third kappa shape index (κ3) is 4.63. The Morgan fingerprint density at radius 1 is 1.11 bits per heavy atom. The smallest absolute Gasteiger partial charge is 0.217 e. The summed E-state index contributed by atoms with van der Waals surface area (Å²) in [7, 11) is 0. The molecule has 0 saturated carbocycles. The number of amides is 1. The largest absolute Gasteiger partial charge is 0.348 e. The van der Waals surface area contributed by atoms with Gasteiger partial charge in [0.15, 0.2) is 0 Å². The summed E-state index contributed by atoms with van der Waals surface area (Å²) in [6.07, 6.45) is 3.29. The zero-order valence-corrected chi connectivity index (χ0v) is 15.5. The molecule has 1 unspecified atom stereocenters. The van der Waals surface area contributed by atoms with Crippen molar-refractivity contribution in [2.75, 3.05) is 11.4 Å². The Morgan fingerprint density at radius 3 is 2.44 bits per heavy atom. The average molecular weight is 384 g/mol. The lowest BCUT2D eigenvalue weighted by molar-refractivity contribution is -0.119. The number of aromatic nitrogens is 1. The quantitative estimate of drug-likeness (QED) is 0.659. The fourth-order valence-electron chi connectivity index (χ4n) is 2.94. The summed E-state index contributed by atoms with van der Waals surface area (Å²) >= 11 is 6.36. The van der Waals surface area contributed by atoms with Crippen molar-refractivity contribution in [3.8, 4) is 0 Å². The van der Waals surface area contributed by atoms with E-state index in [2.05, 4.69) is 10.3 Å². The van der Waals surface area contributed by atoms with E-state index in [4.69, 9.17) is 11.6 Å². The van der Waals surface area contributed by atoms with Crippen molar-refractivity contribution in [1.29, 1.82) is 0 Å². The first-order valence-electron chi connectivity index (χ1n) is 8.50. The number of nitrogens with zero attached hydrogens (tertiary/aromatic N) is 2. The van der Waals surface area contributed by atoms with Crippen LogP contribution in [0.15, 0.2) is 73.1 Å². The number of carbonyl (C=O) groups is 1. The van der Waals surface area contributed by atoms with Gasteiger partial charge in [-0.1, -0.05) is 41.9 Å². The summed E-state index contributed by atoms with van der Waals surface area (Å²) in [5, 5.41) is 3.46. The van der Waals surface area contributed by atoms with Crippen molar-refractivity contribution in [2.24, 2.45) is 0 Å². The molecule has 1 atom stereocenters. The zero-order valence-electron chi connectivity index (χ0n) is 14.8. The molecule has 0 spiro atoms. The SMILES string of the molecule is CC(=O)NC(CN(c1ccncc1)c1ccccc1F)c1ccccc1Cl. The Morgan fingerprint density at radius 2 is 1.78 bits per heavy atom. The van der Waals surface area contributed by atoms with E-state index in [0.717, 1.165) is 11.3 Å². The molecule has 138 valence electrons. The third-order valence-electron chi connectivity index (χ3n) is 4.14. The summed E-state index contributed by atoms with van der Waals surface area (Å²) < 4.78 is 14.5. The number of rotatable bonds is 6. The maximum Gasteiger partial charge on any atom is 0.217 e. The molecule has 0 saturated heterocycles. The van der Waals surface area contributed by atoms with Gasteiger partial charge in [-0.25, -0.2) is 4.39 Å². The number of benzene rings is 2. The zero-order chi connectivity index (χ0) is 19.2. The highest BCUT2D eigenvalue weighted by Gasteiger charge is 2.22. The van der Waals surface area contributed by atoms with Gasteiger partial charge in [-0.3, -0.25) is 9.78 Å². The Hall–Kier alpha value is -2.92. The van der Waals surface area contributed by atoms with Crippen LogP contribution in [0.1, 0.15) is 18.5 Å². The van der Waals surface area contributed by atoms with E-state index in [1.807, 2.05) is 18.2 Å².